The fourth-order valence-corrected chi connectivity index (χ4v) is 6.24. The number of nitrogens with zero attached hydrogens (tertiary/aromatic N) is 2. The van der Waals surface area contributed by atoms with Crippen molar-refractivity contribution in [3.05, 3.63) is 65.7 Å². The monoisotopic (exact) mass is 635 g/mol. The largest absolute Gasteiger partial charge is 0.508 e. The average Bonchev–Trinajstić information content (AvgIpc) is 3.74. The van der Waals surface area contributed by atoms with Crippen LogP contribution in [0.25, 0.3) is 0 Å². The van der Waals surface area contributed by atoms with Gasteiger partial charge in [0.05, 0.1) is 6.04 Å². The van der Waals surface area contributed by atoms with Gasteiger partial charge < -0.3 is 36.4 Å². The van der Waals surface area contributed by atoms with Crippen molar-refractivity contribution in [1.29, 1.82) is 0 Å². The van der Waals surface area contributed by atoms with Crippen LogP contribution in [0.4, 0.5) is 0 Å². The van der Waals surface area contributed by atoms with Gasteiger partial charge in [-0.05, 0) is 61.3 Å². The van der Waals surface area contributed by atoms with Crippen LogP contribution < -0.4 is 16.4 Å². The van der Waals surface area contributed by atoms with Gasteiger partial charge in [-0.1, -0.05) is 62.7 Å². The first-order valence-electron chi connectivity index (χ1n) is 16.0. The summed E-state index contributed by atoms with van der Waals surface area (Å²) >= 11 is 0. The van der Waals surface area contributed by atoms with Crippen molar-refractivity contribution in [2.24, 2.45) is 11.7 Å². The highest BCUT2D eigenvalue weighted by Crippen LogP contribution is 2.23. The number of carbonyl (C=O) groups excluding carboxylic acids is 4. The van der Waals surface area contributed by atoms with Crippen LogP contribution in [0.2, 0.25) is 0 Å². The van der Waals surface area contributed by atoms with Crippen molar-refractivity contribution in [3.63, 3.8) is 0 Å². The number of nitrogens with two attached hydrogens (primary N) is 1. The van der Waals surface area contributed by atoms with Crippen molar-refractivity contribution >= 4 is 29.6 Å². The fraction of sp³-hybridized carbons (Fsp3) is 0.500. The summed E-state index contributed by atoms with van der Waals surface area (Å²) in [4.78, 5) is 69.3. The van der Waals surface area contributed by atoms with E-state index < -0.39 is 53.9 Å². The lowest BCUT2D eigenvalue weighted by atomic mass is 9.98. The number of phenolic OH excluding ortho intramolecular Hbond substituents is 1. The van der Waals surface area contributed by atoms with Crippen LogP contribution in [0.15, 0.2) is 54.6 Å². The summed E-state index contributed by atoms with van der Waals surface area (Å²) in [5, 5.41) is 24.8. The van der Waals surface area contributed by atoms with Gasteiger partial charge in [0.15, 0.2) is 0 Å². The number of aromatic hydroxyl groups is 1. The molecular weight excluding hydrogens is 590 g/mol. The molecule has 0 aliphatic carbocycles. The highest BCUT2D eigenvalue weighted by Gasteiger charge is 2.42. The zero-order valence-corrected chi connectivity index (χ0v) is 26.4. The Labute approximate surface area is 269 Å². The van der Waals surface area contributed by atoms with E-state index >= 15 is 0 Å². The Morgan fingerprint density at radius 2 is 1.37 bits per heavy atom. The summed E-state index contributed by atoms with van der Waals surface area (Å²) in [5.41, 5.74) is 7.85. The minimum atomic E-state index is -1.13. The Balaban J connectivity index is 1.49. The molecule has 6 N–H and O–H groups in total. The van der Waals surface area contributed by atoms with E-state index in [2.05, 4.69) is 10.6 Å². The zero-order valence-electron chi connectivity index (χ0n) is 26.4. The van der Waals surface area contributed by atoms with Crippen LogP contribution in [0.5, 0.6) is 5.75 Å². The Morgan fingerprint density at radius 1 is 0.826 bits per heavy atom. The third-order valence-corrected chi connectivity index (χ3v) is 9.06. The number of phenols is 1. The summed E-state index contributed by atoms with van der Waals surface area (Å²) in [7, 11) is 0. The van der Waals surface area contributed by atoms with Crippen LogP contribution >= 0.6 is 0 Å². The molecule has 12 heteroatoms. The van der Waals surface area contributed by atoms with Gasteiger partial charge in [-0.15, -0.1) is 0 Å². The van der Waals surface area contributed by atoms with Gasteiger partial charge in [0.25, 0.3) is 0 Å². The molecule has 46 heavy (non-hydrogen) atoms. The van der Waals surface area contributed by atoms with E-state index in [1.54, 1.807) is 19.1 Å². The zero-order chi connectivity index (χ0) is 33.4. The van der Waals surface area contributed by atoms with Crippen LogP contribution in [0, 0.1) is 5.92 Å². The van der Waals surface area contributed by atoms with Crippen molar-refractivity contribution in [1.82, 2.24) is 20.4 Å². The Bertz CT molecular complexity index is 1390. The number of nitrogens with one attached hydrogen (secondary N) is 2. The molecule has 6 atom stereocenters. The molecule has 2 aromatic carbocycles. The van der Waals surface area contributed by atoms with Gasteiger partial charge in [-0.2, -0.15) is 0 Å². The molecule has 12 nitrogen and oxygen atoms in total. The first-order valence-corrected chi connectivity index (χ1v) is 16.0. The summed E-state index contributed by atoms with van der Waals surface area (Å²) in [6.45, 7) is 4.24. The van der Waals surface area contributed by atoms with E-state index in [4.69, 9.17) is 5.73 Å². The van der Waals surface area contributed by atoms with Crippen LogP contribution in [-0.4, -0.2) is 92.9 Å². The number of carbonyl (C=O) groups is 5. The lowest BCUT2D eigenvalue weighted by molar-refractivity contribution is -0.146. The molecule has 2 saturated heterocycles. The van der Waals surface area contributed by atoms with E-state index in [0.717, 1.165) is 11.1 Å². The highest BCUT2D eigenvalue weighted by molar-refractivity contribution is 5.96. The van der Waals surface area contributed by atoms with Crippen molar-refractivity contribution in [2.75, 3.05) is 13.1 Å². The molecule has 0 spiro atoms. The molecule has 248 valence electrons. The molecule has 2 aliphatic heterocycles. The number of benzene rings is 2. The molecule has 0 saturated carbocycles. The van der Waals surface area contributed by atoms with Gasteiger partial charge in [0.2, 0.25) is 23.6 Å². The fourth-order valence-electron chi connectivity index (χ4n) is 6.24. The predicted octanol–water partition coefficient (Wildman–Crippen LogP) is 1.59. The molecule has 2 fully saturated rings. The quantitative estimate of drug-likeness (QED) is 0.220. The van der Waals surface area contributed by atoms with Crippen molar-refractivity contribution < 1.29 is 34.2 Å². The number of aliphatic carboxylic acids is 1. The number of hydrogen-bond donors (Lipinski definition) is 5. The minimum Gasteiger partial charge on any atom is -0.508 e. The molecule has 0 radical (unpaired) electrons. The maximum absolute atomic E-state index is 14.1. The lowest BCUT2D eigenvalue weighted by Crippen LogP contribution is -2.58. The maximum Gasteiger partial charge on any atom is 0.326 e. The Morgan fingerprint density at radius 3 is 1.93 bits per heavy atom. The molecular formula is C34H45N5O7. The van der Waals surface area contributed by atoms with Gasteiger partial charge in [-0.3, -0.25) is 19.2 Å². The number of hydrogen-bond acceptors (Lipinski definition) is 7. The Kier molecular flexibility index (Phi) is 11.8. The van der Waals surface area contributed by atoms with Gasteiger partial charge >= 0.3 is 5.97 Å². The number of rotatable bonds is 13. The number of carboxylic acids is 1. The topological polar surface area (TPSA) is 182 Å². The third-order valence-electron chi connectivity index (χ3n) is 9.06. The Hall–Kier alpha value is -4.45. The van der Waals surface area contributed by atoms with Gasteiger partial charge in [0.1, 0.15) is 29.9 Å². The highest BCUT2D eigenvalue weighted by atomic mass is 16.4. The maximum atomic E-state index is 14.1. The first-order chi connectivity index (χ1) is 22.0. The molecule has 0 bridgehead atoms. The van der Waals surface area contributed by atoms with Crippen LogP contribution in [-0.2, 0) is 36.8 Å². The molecule has 0 unspecified atom stereocenters. The molecule has 2 aliphatic rings. The molecule has 2 aromatic rings. The molecule has 2 heterocycles. The van der Waals surface area contributed by atoms with Crippen molar-refractivity contribution in [2.45, 2.75) is 89.0 Å². The van der Waals surface area contributed by atoms with Crippen LogP contribution in [0.3, 0.4) is 0 Å². The number of likely N-dealkylation sites (tertiary alicyclic amines) is 2. The summed E-state index contributed by atoms with van der Waals surface area (Å²) in [5.74, 6) is -3.14. The van der Waals surface area contributed by atoms with Gasteiger partial charge in [0, 0.05) is 19.5 Å². The van der Waals surface area contributed by atoms with E-state index in [1.807, 2.05) is 37.3 Å². The van der Waals surface area contributed by atoms with E-state index in [1.165, 1.54) is 21.9 Å². The third kappa shape index (κ3) is 8.42. The second-order valence-corrected chi connectivity index (χ2v) is 12.3. The summed E-state index contributed by atoms with van der Waals surface area (Å²) in [6.07, 6.45) is 2.90. The smallest absolute Gasteiger partial charge is 0.326 e. The van der Waals surface area contributed by atoms with Crippen molar-refractivity contribution in [3.8, 4) is 5.75 Å². The van der Waals surface area contributed by atoms with E-state index in [0.29, 0.717) is 45.2 Å². The van der Waals surface area contributed by atoms with Crippen LogP contribution in [0.1, 0.15) is 57.1 Å². The standard InChI is InChI=1S/C34H45N5O7/c1-3-21(2)29(34(45)46)37-31(42)28-12-8-18-39(28)33(44)26(20-22-9-5-4-6-10-22)36-30(41)27-11-7-17-38(27)32(43)25(35)19-23-13-15-24(40)16-14-23/h4-6,9-10,13-16,21,25-29,40H,3,7-8,11-12,17-20,35H2,1-2H3,(H,36,41)(H,37,42)(H,45,46)/t21-,25-,26-,27-,28-,29-/m0/s1. The second-order valence-electron chi connectivity index (χ2n) is 12.3. The SMILES string of the molecule is CC[C@H](C)[C@H](NC(=O)[C@@H]1CCCN1C(=O)[C@H](Cc1ccccc1)NC(=O)[C@@H]1CCCN1C(=O)[C@@H](N)Cc1ccc(O)cc1)C(=O)O. The minimum absolute atomic E-state index is 0.107. The lowest BCUT2D eigenvalue weighted by Gasteiger charge is -2.32. The number of amides is 4. The summed E-state index contributed by atoms with van der Waals surface area (Å²) in [6, 6.07) is 11.0. The molecule has 4 rings (SSSR count). The molecule has 4 amide bonds. The predicted molar refractivity (Wildman–Crippen MR) is 170 cm³/mol. The second kappa shape index (κ2) is 15.7. The first kappa shape index (κ1) is 34.4. The molecule has 0 aromatic heterocycles. The number of carboxylic acid groups (broad SMARTS) is 1. The normalized spacial score (nSPS) is 20.4. The van der Waals surface area contributed by atoms with E-state index in [9.17, 15) is 34.2 Å². The summed E-state index contributed by atoms with van der Waals surface area (Å²) < 4.78 is 0. The van der Waals surface area contributed by atoms with Gasteiger partial charge in [-0.25, -0.2) is 4.79 Å². The van der Waals surface area contributed by atoms with E-state index in [-0.39, 0.29) is 30.4 Å². The average molecular weight is 636 g/mol.